The highest BCUT2D eigenvalue weighted by Crippen LogP contribution is 2.32. The van der Waals surface area contributed by atoms with Gasteiger partial charge in [0.25, 0.3) is 0 Å². The largest absolute Gasteiger partial charge is 0.307 e. The lowest BCUT2D eigenvalue weighted by atomic mass is 9.78. The van der Waals surface area contributed by atoms with Crippen molar-refractivity contribution in [2.24, 2.45) is 0 Å². The van der Waals surface area contributed by atoms with Crippen molar-refractivity contribution in [2.45, 2.75) is 38.3 Å². The molecule has 1 nitrogen and oxygen atoms in total. The topological polar surface area (TPSA) is 12.0 Å². The van der Waals surface area contributed by atoms with Gasteiger partial charge in [-0.15, -0.1) is 11.3 Å². The molecule has 0 unspecified atom stereocenters. The molecule has 3 heteroatoms. The lowest BCUT2D eigenvalue weighted by Gasteiger charge is -2.39. The van der Waals surface area contributed by atoms with Crippen LogP contribution in [0.25, 0.3) is 0 Å². The summed E-state index contributed by atoms with van der Waals surface area (Å²) in [6, 6.07) is 4.30. The monoisotopic (exact) mass is 259 g/mol. The molecule has 1 fully saturated rings. The molecule has 1 aliphatic carbocycles. The average Bonchev–Trinajstić information content (AvgIpc) is 2.44. The number of hydrogen-bond donors (Lipinski definition) is 1. The average molecular weight is 260 g/mol. The van der Waals surface area contributed by atoms with E-state index >= 15 is 0 Å². The van der Waals surface area contributed by atoms with E-state index in [2.05, 4.69) is 40.3 Å². The maximum Gasteiger partial charge on any atom is 0.0701 e. The van der Waals surface area contributed by atoms with E-state index in [1.807, 2.05) is 11.3 Å². The Morgan fingerprint density at radius 2 is 2.31 bits per heavy atom. The molecule has 0 amide bonds. The van der Waals surface area contributed by atoms with Crippen LogP contribution >= 0.6 is 27.3 Å². The van der Waals surface area contributed by atoms with E-state index in [9.17, 15) is 0 Å². The zero-order valence-corrected chi connectivity index (χ0v) is 10.2. The summed E-state index contributed by atoms with van der Waals surface area (Å²) in [5.74, 6) is 0. The minimum atomic E-state index is 0.427. The first-order chi connectivity index (χ1) is 6.18. The van der Waals surface area contributed by atoms with Crippen molar-refractivity contribution >= 4 is 27.3 Å². The predicted octanol–water partition coefficient (Wildman–Crippen LogP) is 3.54. The molecular formula is C10H14BrNS. The van der Waals surface area contributed by atoms with Crippen molar-refractivity contribution in [1.29, 1.82) is 0 Å². The summed E-state index contributed by atoms with van der Waals surface area (Å²) >= 11 is 5.29. The second-order valence-corrected chi connectivity index (χ2v) is 6.52. The lowest BCUT2D eigenvalue weighted by Crippen LogP contribution is -2.47. The van der Waals surface area contributed by atoms with Crippen molar-refractivity contribution in [3.8, 4) is 0 Å². The molecule has 0 aliphatic heterocycles. The van der Waals surface area contributed by atoms with Gasteiger partial charge in [0.15, 0.2) is 0 Å². The van der Waals surface area contributed by atoms with Gasteiger partial charge in [-0.3, -0.25) is 0 Å². The van der Waals surface area contributed by atoms with Gasteiger partial charge in [-0.1, -0.05) is 0 Å². The number of thiophene rings is 1. The van der Waals surface area contributed by atoms with Crippen LogP contribution in [-0.2, 0) is 6.54 Å². The molecule has 1 aliphatic rings. The fourth-order valence-corrected chi connectivity index (χ4v) is 3.05. The Morgan fingerprint density at radius 1 is 1.54 bits per heavy atom. The van der Waals surface area contributed by atoms with Gasteiger partial charge >= 0.3 is 0 Å². The van der Waals surface area contributed by atoms with Crippen molar-refractivity contribution in [1.82, 2.24) is 5.32 Å². The van der Waals surface area contributed by atoms with Gasteiger partial charge in [0, 0.05) is 17.0 Å². The van der Waals surface area contributed by atoms with Gasteiger partial charge in [-0.25, -0.2) is 0 Å². The van der Waals surface area contributed by atoms with Crippen molar-refractivity contribution in [2.75, 3.05) is 0 Å². The maximum atomic E-state index is 3.61. The maximum absolute atomic E-state index is 3.61. The van der Waals surface area contributed by atoms with Gasteiger partial charge in [0.1, 0.15) is 0 Å². The number of halogens is 1. The number of rotatable bonds is 3. The first kappa shape index (κ1) is 9.69. The molecule has 1 saturated carbocycles. The highest BCUT2D eigenvalue weighted by atomic mass is 79.9. The summed E-state index contributed by atoms with van der Waals surface area (Å²) in [5, 5.41) is 3.61. The molecule has 2 rings (SSSR count). The lowest BCUT2D eigenvalue weighted by molar-refractivity contribution is 0.207. The van der Waals surface area contributed by atoms with E-state index in [0.717, 1.165) is 6.54 Å². The fourth-order valence-electron chi connectivity index (χ4n) is 1.63. The summed E-state index contributed by atoms with van der Waals surface area (Å²) in [7, 11) is 0. The standard InChI is InChI=1S/C10H14BrNS/c1-10(5-2-6-10)12-7-8-3-4-9(11)13-8/h3-4,12H,2,5-7H2,1H3. The highest BCUT2D eigenvalue weighted by molar-refractivity contribution is 9.11. The summed E-state index contributed by atoms with van der Waals surface area (Å²) in [4.78, 5) is 1.42. The van der Waals surface area contributed by atoms with Gasteiger partial charge in [-0.2, -0.15) is 0 Å². The van der Waals surface area contributed by atoms with Crippen LogP contribution in [0, 0.1) is 0 Å². The first-order valence-electron chi connectivity index (χ1n) is 4.67. The van der Waals surface area contributed by atoms with Gasteiger partial charge in [0.2, 0.25) is 0 Å². The Kier molecular flexibility index (Phi) is 2.77. The molecule has 1 aromatic heterocycles. The Bertz CT molecular complexity index is 291. The predicted molar refractivity (Wildman–Crippen MR) is 61.1 cm³/mol. The van der Waals surface area contributed by atoms with Gasteiger partial charge in [-0.05, 0) is 54.2 Å². The third-order valence-corrected chi connectivity index (χ3v) is 4.40. The molecule has 72 valence electrons. The van der Waals surface area contributed by atoms with Gasteiger partial charge < -0.3 is 5.32 Å². The highest BCUT2D eigenvalue weighted by Gasteiger charge is 2.30. The van der Waals surface area contributed by atoms with Crippen LogP contribution in [0.1, 0.15) is 31.1 Å². The Morgan fingerprint density at radius 3 is 2.77 bits per heavy atom. The van der Waals surface area contributed by atoms with E-state index in [1.165, 1.54) is 27.9 Å². The molecule has 1 N–H and O–H groups in total. The number of hydrogen-bond acceptors (Lipinski definition) is 2. The summed E-state index contributed by atoms with van der Waals surface area (Å²) < 4.78 is 1.23. The zero-order valence-electron chi connectivity index (χ0n) is 7.77. The first-order valence-corrected chi connectivity index (χ1v) is 6.28. The Hall–Kier alpha value is 0.140. The smallest absolute Gasteiger partial charge is 0.0701 e. The van der Waals surface area contributed by atoms with Crippen LogP contribution in [0.5, 0.6) is 0 Å². The van der Waals surface area contributed by atoms with Crippen LogP contribution in [0.15, 0.2) is 15.9 Å². The second kappa shape index (κ2) is 3.71. The van der Waals surface area contributed by atoms with E-state index < -0.39 is 0 Å². The van der Waals surface area contributed by atoms with Gasteiger partial charge in [0.05, 0.1) is 3.79 Å². The van der Waals surface area contributed by atoms with Crippen LogP contribution in [0.3, 0.4) is 0 Å². The molecule has 1 aromatic rings. The fraction of sp³-hybridized carbons (Fsp3) is 0.600. The Labute approximate surface area is 91.7 Å². The van der Waals surface area contributed by atoms with Crippen molar-refractivity contribution in [3.05, 3.63) is 20.8 Å². The zero-order chi connectivity index (χ0) is 9.31. The summed E-state index contributed by atoms with van der Waals surface area (Å²) in [6.45, 7) is 3.34. The quantitative estimate of drug-likeness (QED) is 0.876. The third-order valence-electron chi connectivity index (χ3n) is 2.78. The molecule has 0 spiro atoms. The molecule has 0 aromatic carbocycles. The van der Waals surface area contributed by atoms with E-state index in [-0.39, 0.29) is 0 Å². The molecule has 0 saturated heterocycles. The van der Waals surface area contributed by atoms with Crippen LogP contribution < -0.4 is 5.32 Å². The van der Waals surface area contributed by atoms with E-state index in [0.29, 0.717) is 5.54 Å². The number of nitrogens with one attached hydrogen (secondary N) is 1. The van der Waals surface area contributed by atoms with Crippen molar-refractivity contribution in [3.63, 3.8) is 0 Å². The molecule has 1 heterocycles. The molecule has 13 heavy (non-hydrogen) atoms. The molecule has 0 radical (unpaired) electrons. The summed E-state index contributed by atoms with van der Waals surface area (Å²) in [5.41, 5.74) is 0.427. The minimum absolute atomic E-state index is 0.427. The molecule has 0 atom stereocenters. The van der Waals surface area contributed by atoms with Crippen molar-refractivity contribution < 1.29 is 0 Å². The summed E-state index contributed by atoms with van der Waals surface area (Å²) in [6.07, 6.45) is 4.05. The van der Waals surface area contributed by atoms with Crippen LogP contribution in [0.4, 0.5) is 0 Å². The SMILES string of the molecule is CC1(NCc2ccc(Br)s2)CCC1. The third kappa shape index (κ3) is 2.33. The van der Waals surface area contributed by atoms with Crippen LogP contribution in [0.2, 0.25) is 0 Å². The molecular weight excluding hydrogens is 246 g/mol. The van der Waals surface area contributed by atoms with Crippen LogP contribution in [-0.4, -0.2) is 5.54 Å². The van der Waals surface area contributed by atoms with E-state index in [1.54, 1.807) is 0 Å². The second-order valence-electron chi connectivity index (χ2n) is 3.97. The normalized spacial score (nSPS) is 19.8. The Balaban J connectivity index is 1.85. The minimum Gasteiger partial charge on any atom is -0.307 e. The van der Waals surface area contributed by atoms with E-state index in [4.69, 9.17) is 0 Å². The molecule has 0 bridgehead atoms.